The van der Waals surface area contributed by atoms with Gasteiger partial charge in [0, 0.05) is 5.69 Å². The summed E-state index contributed by atoms with van der Waals surface area (Å²) >= 11 is 7.10. The highest BCUT2D eigenvalue weighted by molar-refractivity contribution is 8.18. The number of hydrogen-bond acceptors (Lipinski definition) is 7. The van der Waals surface area contributed by atoms with Gasteiger partial charge >= 0.3 is 0 Å². The minimum Gasteiger partial charge on any atom is -0.494 e. The maximum atomic E-state index is 12.8. The summed E-state index contributed by atoms with van der Waals surface area (Å²) in [4.78, 5) is 38.8. The van der Waals surface area contributed by atoms with Crippen LogP contribution in [0, 0.1) is 0 Å². The zero-order valence-corrected chi connectivity index (χ0v) is 20.6. The van der Waals surface area contributed by atoms with Crippen molar-refractivity contribution in [2.45, 2.75) is 20.8 Å². The molecule has 0 aromatic heterocycles. The first-order valence-electron chi connectivity index (χ1n) is 10.7. The topological polar surface area (TPSA) is 94.2 Å². The Kier molecular flexibility index (Phi) is 8.84. The summed E-state index contributed by atoms with van der Waals surface area (Å²) < 4.78 is 16.5. The second kappa shape index (κ2) is 11.8. The third kappa shape index (κ3) is 6.24. The quantitative estimate of drug-likeness (QED) is 0.444. The highest BCUT2D eigenvalue weighted by atomic mass is 35.5. The number of carbonyl (C=O) groups is 3. The van der Waals surface area contributed by atoms with Gasteiger partial charge in [-0.25, -0.2) is 0 Å². The van der Waals surface area contributed by atoms with E-state index in [1.165, 1.54) is 0 Å². The molecule has 1 aliphatic rings. The smallest absolute Gasteiger partial charge is 0.294 e. The molecule has 2 aromatic carbocycles. The molecule has 0 radical (unpaired) electrons. The molecular weight excluding hydrogens is 480 g/mol. The van der Waals surface area contributed by atoms with Crippen LogP contribution in [0.15, 0.2) is 41.3 Å². The molecule has 1 aliphatic heterocycles. The fourth-order valence-electron chi connectivity index (χ4n) is 3.15. The van der Waals surface area contributed by atoms with E-state index >= 15 is 0 Å². The average molecular weight is 505 g/mol. The molecule has 34 heavy (non-hydrogen) atoms. The minimum absolute atomic E-state index is 0.182. The number of halogens is 1. The molecule has 1 N–H and O–H groups in total. The molecular formula is C24H25ClN2O6S. The molecule has 8 nitrogen and oxygen atoms in total. The Morgan fingerprint density at radius 3 is 2.35 bits per heavy atom. The number of imide groups is 1. The summed E-state index contributed by atoms with van der Waals surface area (Å²) in [6.07, 6.45) is 1.54. The number of ether oxygens (including phenoxy) is 3. The van der Waals surface area contributed by atoms with Crippen molar-refractivity contribution >= 4 is 52.2 Å². The summed E-state index contributed by atoms with van der Waals surface area (Å²) in [6.45, 7) is 6.50. The van der Waals surface area contributed by atoms with Gasteiger partial charge in [0.05, 0.1) is 29.7 Å². The van der Waals surface area contributed by atoms with Crippen molar-refractivity contribution in [1.82, 2.24) is 4.90 Å². The van der Waals surface area contributed by atoms with Gasteiger partial charge in [-0.05, 0) is 80.6 Å². The summed E-state index contributed by atoms with van der Waals surface area (Å²) in [5.74, 6) is 0.494. The highest BCUT2D eigenvalue weighted by Gasteiger charge is 2.36. The van der Waals surface area contributed by atoms with E-state index in [-0.39, 0.29) is 4.91 Å². The second-order valence-electron chi connectivity index (χ2n) is 6.97. The van der Waals surface area contributed by atoms with Gasteiger partial charge in [-0.15, -0.1) is 0 Å². The van der Waals surface area contributed by atoms with Crippen molar-refractivity contribution in [2.24, 2.45) is 0 Å². The van der Waals surface area contributed by atoms with E-state index in [4.69, 9.17) is 25.8 Å². The lowest BCUT2D eigenvalue weighted by atomic mass is 10.1. The first kappa shape index (κ1) is 25.5. The Hall–Kier alpha value is -3.17. The van der Waals surface area contributed by atoms with Crippen molar-refractivity contribution in [3.05, 3.63) is 51.9 Å². The largest absolute Gasteiger partial charge is 0.494 e. The summed E-state index contributed by atoms with van der Waals surface area (Å²) in [5, 5.41) is 2.47. The van der Waals surface area contributed by atoms with E-state index in [9.17, 15) is 14.4 Å². The fraction of sp³-hybridized carbons (Fsp3) is 0.292. The Balaban J connectivity index is 1.72. The number of benzene rings is 2. The molecule has 1 saturated heterocycles. The van der Waals surface area contributed by atoms with Crippen LogP contribution in [0.25, 0.3) is 6.08 Å². The van der Waals surface area contributed by atoms with Crippen LogP contribution in [-0.2, 0) is 9.59 Å². The van der Waals surface area contributed by atoms with Gasteiger partial charge in [0.2, 0.25) is 5.91 Å². The SMILES string of the molecule is CCOc1ccc(NC(=O)CN2C(=O)S/C(=C/c3cc(Cl)c(OCC)c(OCC)c3)C2=O)cc1. The van der Waals surface area contributed by atoms with Crippen LogP contribution in [0.5, 0.6) is 17.2 Å². The molecule has 2 aromatic rings. The fourth-order valence-corrected chi connectivity index (χ4v) is 4.26. The number of rotatable bonds is 10. The Morgan fingerprint density at radius 1 is 1.03 bits per heavy atom. The van der Waals surface area contributed by atoms with E-state index in [1.54, 1.807) is 42.5 Å². The second-order valence-corrected chi connectivity index (χ2v) is 8.37. The molecule has 180 valence electrons. The van der Waals surface area contributed by atoms with E-state index in [0.717, 1.165) is 16.7 Å². The summed E-state index contributed by atoms with van der Waals surface area (Å²) in [7, 11) is 0. The average Bonchev–Trinajstić information content (AvgIpc) is 3.05. The number of nitrogens with zero attached hydrogens (tertiary/aromatic N) is 1. The van der Waals surface area contributed by atoms with Gasteiger partial charge in [0.15, 0.2) is 11.5 Å². The zero-order valence-electron chi connectivity index (χ0n) is 19.1. The van der Waals surface area contributed by atoms with Crippen LogP contribution < -0.4 is 19.5 Å². The van der Waals surface area contributed by atoms with Gasteiger partial charge in [-0.1, -0.05) is 11.6 Å². The number of hydrogen-bond donors (Lipinski definition) is 1. The number of thioether (sulfide) groups is 1. The molecule has 0 bridgehead atoms. The lowest BCUT2D eigenvalue weighted by Gasteiger charge is -2.14. The van der Waals surface area contributed by atoms with E-state index in [0.29, 0.717) is 53.3 Å². The van der Waals surface area contributed by atoms with Gasteiger partial charge in [0.25, 0.3) is 11.1 Å². The number of anilines is 1. The van der Waals surface area contributed by atoms with E-state index in [2.05, 4.69) is 5.32 Å². The monoisotopic (exact) mass is 504 g/mol. The number of nitrogens with one attached hydrogen (secondary N) is 1. The number of carbonyl (C=O) groups excluding carboxylic acids is 3. The van der Waals surface area contributed by atoms with Crippen molar-refractivity contribution in [2.75, 3.05) is 31.7 Å². The Labute approximate surface area is 207 Å². The third-order valence-electron chi connectivity index (χ3n) is 4.54. The molecule has 0 unspecified atom stereocenters. The predicted octanol–water partition coefficient (Wildman–Crippen LogP) is 5.21. The molecule has 0 saturated carbocycles. The van der Waals surface area contributed by atoms with Gasteiger partial charge < -0.3 is 19.5 Å². The van der Waals surface area contributed by atoms with E-state index < -0.39 is 23.6 Å². The van der Waals surface area contributed by atoms with Crippen LogP contribution in [0.1, 0.15) is 26.3 Å². The van der Waals surface area contributed by atoms with E-state index in [1.807, 2.05) is 20.8 Å². The van der Waals surface area contributed by atoms with Gasteiger partial charge in [-0.3, -0.25) is 19.3 Å². The molecule has 0 spiro atoms. The predicted molar refractivity (Wildman–Crippen MR) is 133 cm³/mol. The van der Waals surface area contributed by atoms with Crippen molar-refractivity contribution < 1.29 is 28.6 Å². The van der Waals surface area contributed by atoms with Gasteiger partial charge in [0.1, 0.15) is 12.3 Å². The first-order chi connectivity index (χ1) is 16.4. The lowest BCUT2D eigenvalue weighted by Crippen LogP contribution is -2.36. The van der Waals surface area contributed by atoms with Gasteiger partial charge in [-0.2, -0.15) is 0 Å². The molecule has 0 atom stereocenters. The molecule has 1 fully saturated rings. The maximum absolute atomic E-state index is 12.8. The summed E-state index contributed by atoms with van der Waals surface area (Å²) in [5.41, 5.74) is 1.10. The normalized spacial score (nSPS) is 14.5. The van der Waals surface area contributed by atoms with Crippen LogP contribution >= 0.6 is 23.4 Å². The minimum atomic E-state index is -0.556. The highest BCUT2D eigenvalue weighted by Crippen LogP contribution is 2.39. The Bertz CT molecular complexity index is 1100. The standard InChI is InChI=1S/C24H25ClN2O6S/c1-4-31-17-9-7-16(8-10-17)26-21(28)14-27-23(29)20(34-24(27)30)13-15-11-18(25)22(33-6-3)19(12-15)32-5-2/h7-13H,4-6,14H2,1-3H3,(H,26,28)/b20-13+. The molecule has 3 amide bonds. The zero-order chi connectivity index (χ0) is 24.7. The Morgan fingerprint density at radius 2 is 1.71 bits per heavy atom. The van der Waals surface area contributed by atoms with Crippen LogP contribution in [0.3, 0.4) is 0 Å². The van der Waals surface area contributed by atoms with Crippen LogP contribution in [0.2, 0.25) is 5.02 Å². The summed E-state index contributed by atoms with van der Waals surface area (Å²) in [6, 6.07) is 10.1. The molecule has 10 heteroatoms. The van der Waals surface area contributed by atoms with Crippen molar-refractivity contribution in [3.8, 4) is 17.2 Å². The third-order valence-corrected chi connectivity index (χ3v) is 5.73. The molecule has 1 heterocycles. The van der Waals surface area contributed by atoms with Crippen LogP contribution in [-0.4, -0.2) is 48.3 Å². The van der Waals surface area contributed by atoms with Crippen molar-refractivity contribution in [1.29, 1.82) is 0 Å². The maximum Gasteiger partial charge on any atom is 0.294 e. The van der Waals surface area contributed by atoms with Crippen LogP contribution in [0.4, 0.5) is 10.5 Å². The number of amides is 3. The first-order valence-corrected chi connectivity index (χ1v) is 11.9. The molecule has 0 aliphatic carbocycles. The lowest BCUT2D eigenvalue weighted by molar-refractivity contribution is -0.127. The molecule has 3 rings (SSSR count). The van der Waals surface area contributed by atoms with Crippen molar-refractivity contribution in [3.63, 3.8) is 0 Å².